The standard InChI is InChI=1S/C16H17N2.BrH/c1-17-12-13-18(15-10-6-3-7-11-15)16(17)14-8-4-2-5-9-14;/h2-11H,12-13H2,1H3;1H/q+1;/p-1. The second-order valence-corrected chi connectivity index (χ2v) is 4.60. The number of hydrogen-bond donors (Lipinski definition) is 0. The lowest BCUT2D eigenvalue weighted by Crippen LogP contribution is -3.00. The second-order valence-electron chi connectivity index (χ2n) is 4.60. The number of para-hydroxylation sites is 1. The second kappa shape index (κ2) is 6.02. The summed E-state index contributed by atoms with van der Waals surface area (Å²) in [5.41, 5.74) is 2.54. The van der Waals surface area contributed by atoms with Crippen LogP contribution >= 0.6 is 0 Å². The highest BCUT2D eigenvalue weighted by molar-refractivity contribution is 6.07. The van der Waals surface area contributed by atoms with Gasteiger partial charge in [-0.05, 0) is 24.3 Å². The van der Waals surface area contributed by atoms with Gasteiger partial charge in [0.1, 0.15) is 18.8 Å². The van der Waals surface area contributed by atoms with Gasteiger partial charge in [0.05, 0.1) is 12.6 Å². The number of halogens is 1. The molecule has 0 radical (unpaired) electrons. The van der Waals surface area contributed by atoms with Gasteiger partial charge in [-0.1, -0.05) is 36.4 Å². The third-order valence-corrected chi connectivity index (χ3v) is 3.38. The van der Waals surface area contributed by atoms with Crippen LogP contribution in [-0.4, -0.2) is 30.5 Å². The molecule has 0 unspecified atom stereocenters. The van der Waals surface area contributed by atoms with Crippen molar-refractivity contribution in [3.8, 4) is 0 Å². The molecular weight excluding hydrogens is 300 g/mol. The number of hydrogen-bond acceptors (Lipinski definition) is 1. The van der Waals surface area contributed by atoms with E-state index in [0.717, 1.165) is 13.1 Å². The molecule has 3 heteroatoms. The maximum atomic E-state index is 2.38. The van der Waals surface area contributed by atoms with E-state index in [0.29, 0.717) is 0 Å². The number of amidine groups is 1. The zero-order chi connectivity index (χ0) is 12.4. The maximum Gasteiger partial charge on any atom is 0.284 e. The summed E-state index contributed by atoms with van der Waals surface area (Å²) in [5, 5.41) is 0. The lowest BCUT2D eigenvalue weighted by atomic mass is 10.2. The first kappa shape index (κ1) is 13.8. The van der Waals surface area contributed by atoms with E-state index in [-0.39, 0.29) is 17.0 Å². The summed E-state index contributed by atoms with van der Waals surface area (Å²) >= 11 is 0. The van der Waals surface area contributed by atoms with E-state index in [1.165, 1.54) is 17.1 Å². The van der Waals surface area contributed by atoms with Gasteiger partial charge in [-0.25, -0.2) is 4.90 Å². The molecule has 2 aromatic carbocycles. The molecule has 0 spiro atoms. The van der Waals surface area contributed by atoms with Crippen LogP contribution in [0.3, 0.4) is 0 Å². The van der Waals surface area contributed by atoms with Crippen LogP contribution < -0.4 is 21.9 Å². The van der Waals surface area contributed by atoms with Crippen LogP contribution in [0.1, 0.15) is 5.56 Å². The van der Waals surface area contributed by atoms with Crippen LogP contribution in [0.25, 0.3) is 0 Å². The lowest BCUT2D eigenvalue weighted by molar-refractivity contribution is -0.485. The summed E-state index contributed by atoms with van der Waals surface area (Å²) in [7, 11) is 2.16. The van der Waals surface area contributed by atoms with Crippen molar-refractivity contribution in [2.45, 2.75) is 0 Å². The minimum atomic E-state index is 0. The van der Waals surface area contributed by atoms with Crippen molar-refractivity contribution < 1.29 is 21.6 Å². The minimum Gasteiger partial charge on any atom is -1.00 e. The van der Waals surface area contributed by atoms with Crippen molar-refractivity contribution in [3.05, 3.63) is 66.2 Å². The fourth-order valence-electron chi connectivity index (χ4n) is 2.49. The summed E-state index contributed by atoms with van der Waals surface area (Å²) in [6.07, 6.45) is 0. The first-order valence-electron chi connectivity index (χ1n) is 6.32. The highest BCUT2D eigenvalue weighted by atomic mass is 79.9. The Kier molecular flexibility index (Phi) is 4.38. The zero-order valence-corrected chi connectivity index (χ0v) is 12.5. The summed E-state index contributed by atoms with van der Waals surface area (Å²) in [5.74, 6) is 1.29. The van der Waals surface area contributed by atoms with Crippen LogP contribution in [0.5, 0.6) is 0 Å². The summed E-state index contributed by atoms with van der Waals surface area (Å²) < 4.78 is 2.32. The third kappa shape index (κ3) is 2.71. The Bertz CT molecular complexity index is 564. The topological polar surface area (TPSA) is 6.25 Å². The average molecular weight is 317 g/mol. The molecule has 0 saturated carbocycles. The van der Waals surface area contributed by atoms with E-state index in [1.54, 1.807) is 0 Å². The van der Waals surface area contributed by atoms with Crippen LogP contribution in [0.15, 0.2) is 60.7 Å². The lowest BCUT2D eigenvalue weighted by Gasteiger charge is -2.12. The van der Waals surface area contributed by atoms with E-state index < -0.39 is 0 Å². The molecule has 0 amide bonds. The van der Waals surface area contributed by atoms with Crippen molar-refractivity contribution in [1.82, 2.24) is 0 Å². The van der Waals surface area contributed by atoms with Gasteiger partial charge in [-0.3, -0.25) is 4.58 Å². The fourth-order valence-corrected chi connectivity index (χ4v) is 2.49. The largest absolute Gasteiger partial charge is 1.00 e. The Morgan fingerprint density at radius 3 is 2.11 bits per heavy atom. The molecule has 1 heterocycles. The van der Waals surface area contributed by atoms with Gasteiger partial charge in [0.2, 0.25) is 0 Å². The Morgan fingerprint density at radius 2 is 1.47 bits per heavy atom. The molecule has 98 valence electrons. The predicted octanol–water partition coefficient (Wildman–Crippen LogP) is -0.400. The predicted molar refractivity (Wildman–Crippen MR) is 75.4 cm³/mol. The monoisotopic (exact) mass is 316 g/mol. The molecule has 0 fully saturated rings. The Morgan fingerprint density at radius 1 is 0.895 bits per heavy atom. The maximum absolute atomic E-state index is 2.38. The number of benzene rings is 2. The molecular formula is C16H17BrN2. The fraction of sp³-hybridized carbons (Fsp3) is 0.188. The molecule has 1 aliphatic heterocycles. The summed E-state index contributed by atoms with van der Waals surface area (Å²) in [6.45, 7) is 2.11. The zero-order valence-electron chi connectivity index (χ0n) is 11.0. The molecule has 0 N–H and O–H groups in total. The van der Waals surface area contributed by atoms with Gasteiger partial charge in [-0.2, -0.15) is 0 Å². The number of rotatable bonds is 2. The molecule has 0 aliphatic carbocycles. The van der Waals surface area contributed by atoms with Gasteiger partial charge >= 0.3 is 0 Å². The van der Waals surface area contributed by atoms with Crippen LogP contribution in [0, 0.1) is 0 Å². The van der Waals surface area contributed by atoms with E-state index in [4.69, 9.17) is 0 Å². The van der Waals surface area contributed by atoms with Gasteiger partial charge in [0.15, 0.2) is 0 Å². The smallest absolute Gasteiger partial charge is 0.284 e. The molecule has 0 aromatic heterocycles. The molecule has 1 aliphatic rings. The number of nitrogens with zero attached hydrogens (tertiary/aromatic N) is 2. The van der Waals surface area contributed by atoms with Crippen LogP contribution in [0.2, 0.25) is 0 Å². The van der Waals surface area contributed by atoms with E-state index in [9.17, 15) is 0 Å². The van der Waals surface area contributed by atoms with Gasteiger partial charge in [0.25, 0.3) is 5.84 Å². The Hall–Kier alpha value is -1.61. The molecule has 2 nitrogen and oxygen atoms in total. The SMILES string of the molecule is C[N+]1=C(c2ccccc2)N(c2ccccc2)CC1.[Br-]. The van der Waals surface area contributed by atoms with E-state index >= 15 is 0 Å². The Labute approximate surface area is 124 Å². The molecule has 0 saturated heterocycles. The van der Waals surface area contributed by atoms with Crippen LogP contribution in [0.4, 0.5) is 5.69 Å². The average Bonchev–Trinajstić information content (AvgIpc) is 2.83. The van der Waals surface area contributed by atoms with Crippen molar-refractivity contribution in [2.75, 3.05) is 25.0 Å². The summed E-state index contributed by atoms with van der Waals surface area (Å²) in [6, 6.07) is 21.2. The van der Waals surface area contributed by atoms with Crippen molar-refractivity contribution in [2.24, 2.45) is 0 Å². The first-order chi connectivity index (χ1) is 8.86. The van der Waals surface area contributed by atoms with E-state index in [1.807, 2.05) is 0 Å². The van der Waals surface area contributed by atoms with Crippen molar-refractivity contribution >= 4 is 11.5 Å². The summed E-state index contributed by atoms with van der Waals surface area (Å²) in [4.78, 5) is 2.38. The number of likely N-dealkylation sites (N-methyl/N-ethyl adjacent to an activating group) is 1. The minimum absolute atomic E-state index is 0. The molecule has 3 rings (SSSR count). The molecule has 19 heavy (non-hydrogen) atoms. The highest BCUT2D eigenvalue weighted by Crippen LogP contribution is 2.19. The molecule has 2 aromatic rings. The highest BCUT2D eigenvalue weighted by Gasteiger charge is 2.31. The van der Waals surface area contributed by atoms with E-state index in [2.05, 4.69) is 77.2 Å². The quantitative estimate of drug-likeness (QED) is 0.683. The molecule has 0 bridgehead atoms. The molecule has 0 atom stereocenters. The van der Waals surface area contributed by atoms with Crippen LogP contribution in [-0.2, 0) is 0 Å². The first-order valence-corrected chi connectivity index (χ1v) is 6.32. The van der Waals surface area contributed by atoms with Crippen molar-refractivity contribution in [3.63, 3.8) is 0 Å². The van der Waals surface area contributed by atoms with Gasteiger partial charge in [-0.15, -0.1) is 0 Å². The van der Waals surface area contributed by atoms with Gasteiger partial charge in [0, 0.05) is 0 Å². The normalized spacial score (nSPS) is 14.5. The number of anilines is 1. The van der Waals surface area contributed by atoms with Gasteiger partial charge < -0.3 is 17.0 Å². The third-order valence-electron chi connectivity index (χ3n) is 3.38. The Balaban J connectivity index is 0.00000133. The van der Waals surface area contributed by atoms with Crippen molar-refractivity contribution in [1.29, 1.82) is 0 Å².